The molecule has 13 heavy (non-hydrogen) atoms. The van der Waals surface area contributed by atoms with Gasteiger partial charge in [0, 0.05) is 6.92 Å². The van der Waals surface area contributed by atoms with Gasteiger partial charge >= 0.3 is 0 Å². The Balaban J connectivity index is 2.88. The predicted octanol–water partition coefficient (Wildman–Crippen LogP) is 1.64. The first kappa shape index (κ1) is 10.2. The molecule has 0 aliphatic rings. The Hall–Kier alpha value is -0.900. The van der Waals surface area contributed by atoms with Gasteiger partial charge in [-0.05, 0) is 20.0 Å². The summed E-state index contributed by atoms with van der Waals surface area (Å²) in [5, 5.41) is 7.86. The number of aromatic nitrogens is 2. The van der Waals surface area contributed by atoms with Crippen molar-refractivity contribution in [1.82, 2.24) is 15.1 Å². The molecule has 0 radical (unpaired) electrons. The van der Waals surface area contributed by atoms with E-state index in [1.54, 1.807) is 0 Å². The van der Waals surface area contributed by atoms with E-state index in [0.717, 1.165) is 0 Å². The first-order chi connectivity index (χ1) is 6.02. The molecule has 0 aliphatic carbocycles. The van der Waals surface area contributed by atoms with Crippen molar-refractivity contribution in [2.24, 2.45) is 5.92 Å². The summed E-state index contributed by atoms with van der Waals surface area (Å²) in [4.78, 5) is 2.09. The maximum atomic E-state index is 5.40. The van der Waals surface area contributed by atoms with Crippen LogP contribution in [0.15, 0.2) is 4.42 Å². The van der Waals surface area contributed by atoms with Crippen LogP contribution in [0.5, 0.6) is 0 Å². The van der Waals surface area contributed by atoms with Gasteiger partial charge in [0.15, 0.2) is 0 Å². The molecule has 0 bridgehead atoms. The van der Waals surface area contributed by atoms with E-state index in [4.69, 9.17) is 4.42 Å². The van der Waals surface area contributed by atoms with Crippen molar-refractivity contribution >= 4 is 0 Å². The highest BCUT2D eigenvalue weighted by Crippen LogP contribution is 2.24. The summed E-state index contributed by atoms with van der Waals surface area (Å²) in [6, 6.07) is 0.209. The minimum Gasteiger partial charge on any atom is -0.424 e. The maximum Gasteiger partial charge on any atom is 0.233 e. The van der Waals surface area contributed by atoms with E-state index < -0.39 is 0 Å². The topological polar surface area (TPSA) is 42.2 Å². The Labute approximate surface area is 78.9 Å². The first-order valence-electron chi connectivity index (χ1n) is 4.48. The van der Waals surface area contributed by atoms with Gasteiger partial charge in [-0.1, -0.05) is 13.8 Å². The van der Waals surface area contributed by atoms with Crippen LogP contribution in [0, 0.1) is 12.8 Å². The van der Waals surface area contributed by atoms with E-state index in [-0.39, 0.29) is 6.04 Å². The fourth-order valence-electron chi connectivity index (χ4n) is 1.53. The molecule has 0 spiro atoms. The van der Waals surface area contributed by atoms with Crippen LogP contribution in [-0.4, -0.2) is 29.2 Å². The van der Waals surface area contributed by atoms with E-state index in [1.807, 2.05) is 21.0 Å². The molecule has 0 saturated heterocycles. The van der Waals surface area contributed by atoms with Crippen LogP contribution in [-0.2, 0) is 0 Å². The van der Waals surface area contributed by atoms with Crippen molar-refractivity contribution in [3.8, 4) is 0 Å². The molecular formula is C9H17N3O. The molecule has 1 aromatic heterocycles. The van der Waals surface area contributed by atoms with Gasteiger partial charge in [-0.25, -0.2) is 0 Å². The van der Waals surface area contributed by atoms with Gasteiger partial charge < -0.3 is 4.42 Å². The molecule has 1 heterocycles. The fourth-order valence-corrected chi connectivity index (χ4v) is 1.53. The van der Waals surface area contributed by atoms with Crippen molar-refractivity contribution in [3.63, 3.8) is 0 Å². The number of hydrogen-bond donors (Lipinski definition) is 0. The second kappa shape index (κ2) is 3.87. The third kappa shape index (κ3) is 2.28. The quantitative estimate of drug-likeness (QED) is 0.714. The van der Waals surface area contributed by atoms with Crippen molar-refractivity contribution in [2.75, 3.05) is 14.1 Å². The van der Waals surface area contributed by atoms with Gasteiger partial charge in [0.25, 0.3) is 0 Å². The van der Waals surface area contributed by atoms with Crippen LogP contribution in [0.1, 0.15) is 31.7 Å². The molecule has 4 nitrogen and oxygen atoms in total. The van der Waals surface area contributed by atoms with Gasteiger partial charge in [-0.15, -0.1) is 10.2 Å². The largest absolute Gasteiger partial charge is 0.424 e. The smallest absolute Gasteiger partial charge is 0.233 e. The van der Waals surface area contributed by atoms with Gasteiger partial charge in [-0.3, -0.25) is 4.90 Å². The molecule has 0 amide bonds. The lowest BCUT2D eigenvalue weighted by molar-refractivity contribution is 0.193. The minimum absolute atomic E-state index is 0.209. The SMILES string of the molecule is Cc1nnc([C@@H](C(C)C)N(C)C)o1. The third-order valence-corrected chi connectivity index (χ3v) is 1.98. The molecule has 0 unspecified atom stereocenters. The molecule has 0 fully saturated rings. The number of hydrogen-bond acceptors (Lipinski definition) is 4. The average Bonchev–Trinajstić information content (AvgIpc) is 2.34. The zero-order valence-corrected chi connectivity index (χ0v) is 8.90. The zero-order valence-electron chi connectivity index (χ0n) is 8.90. The normalized spacial score (nSPS) is 14.1. The average molecular weight is 183 g/mol. The summed E-state index contributed by atoms with van der Waals surface area (Å²) >= 11 is 0. The van der Waals surface area contributed by atoms with Crippen LogP contribution >= 0.6 is 0 Å². The van der Waals surface area contributed by atoms with Crippen LogP contribution in [0.3, 0.4) is 0 Å². The lowest BCUT2D eigenvalue weighted by atomic mass is 10.0. The lowest BCUT2D eigenvalue weighted by Crippen LogP contribution is -2.24. The molecule has 1 rings (SSSR count). The molecule has 4 heteroatoms. The highest BCUT2D eigenvalue weighted by molar-refractivity contribution is 4.90. The van der Waals surface area contributed by atoms with E-state index in [9.17, 15) is 0 Å². The summed E-state index contributed by atoms with van der Waals surface area (Å²) in [5.41, 5.74) is 0. The highest BCUT2D eigenvalue weighted by atomic mass is 16.4. The fraction of sp³-hybridized carbons (Fsp3) is 0.778. The molecule has 0 saturated carbocycles. The number of nitrogens with zero attached hydrogens (tertiary/aromatic N) is 3. The zero-order chi connectivity index (χ0) is 10.0. The van der Waals surface area contributed by atoms with Crippen LogP contribution in [0.2, 0.25) is 0 Å². The van der Waals surface area contributed by atoms with Crippen molar-refractivity contribution < 1.29 is 4.42 Å². The summed E-state index contributed by atoms with van der Waals surface area (Å²) in [7, 11) is 4.04. The minimum atomic E-state index is 0.209. The Morgan fingerprint density at radius 2 is 1.85 bits per heavy atom. The van der Waals surface area contributed by atoms with Crippen LogP contribution < -0.4 is 0 Å². The van der Waals surface area contributed by atoms with Gasteiger partial charge in [0.05, 0.1) is 6.04 Å². The van der Waals surface area contributed by atoms with E-state index in [1.165, 1.54) is 0 Å². The van der Waals surface area contributed by atoms with Crippen molar-refractivity contribution in [1.29, 1.82) is 0 Å². The second-order valence-corrected chi connectivity index (χ2v) is 3.81. The van der Waals surface area contributed by atoms with Crippen molar-refractivity contribution in [3.05, 3.63) is 11.8 Å². The molecular weight excluding hydrogens is 166 g/mol. The van der Waals surface area contributed by atoms with Gasteiger partial charge in [0.1, 0.15) is 0 Å². The summed E-state index contributed by atoms with van der Waals surface area (Å²) in [5.74, 6) is 1.80. The third-order valence-electron chi connectivity index (χ3n) is 1.98. The standard InChI is InChI=1S/C9H17N3O/c1-6(2)8(12(4)5)9-11-10-7(3)13-9/h6,8H,1-5H3/t8-/m1/s1. The Morgan fingerprint density at radius 3 is 2.15 bits per heavy atom. The van der Waals surface area contributed by atoms with Crippen LogP contribution in [0.25, 0.3) is 0 Å². The van der Waals surface area contributed by atoms with E-state index in [0.29, 0.717) is 17.7 Å². The lowest BCUT2D eigenvalue weighted by Gasteiger charge is -2.23. The molecule has 0 aliphatic heterocycles. The number of rotatable bonds is 3. The van der Waals surface area contributed by atoms with Crippen molar-refractivity contribution in [2.45, 2.75) is 26.8 Å². The monoisotopic (exact) mass is 183 g/mol. The van der Waals surface area contributed by atoms with E-state index >= 15 is 0 Å². The summed E-state index contributed by atoms with van der Waals surface area (Å²) < 4.78 is 5.40. The second-order valence-electron chi connectivity index (χ2n) is 3.81. The number of aryl methyl sites for hydroxylation is 1. The highest BCUT2D eigenvalue weighted by Gasteiger charge is 2.23. The Bertz CT molecular complexity index is 260. The predicted molar refractivity (Wildman–Crippen MR) is 50.3 cm³/mol. The molecule has 1 atom stereocenters. The van der Waals surface area contributed by atoms with Gasteiger partial charge in [-0.2, -0.15) is 0 Å². The molecule has 0 N–H and O–H groups in total. The first-order valence-corrected chi connectivity index (χ1v) is 4.48. The molecule has 1 aromatic rings. The Morgan fingerprint density at radius 1 is 1.23 bits per heavy atom. The maximum absolute atomic E-state index is 5.40. The van der Waals surface area contributed by atoms with E-state index in [2.05, 4.69) is 28.9 Å². The Kier molecular flexibility index (Phi) is 3.03. The summed E-state index contributed by atoms with van der Waals surface area (Å²) in [6.07, 6.45) is 0. The van der Waals surface area contributed by atoms with Crippen LogP contribution in [0.4, 0.5) is 0 Å². The summed E-state index contributed by atoms with van der Waals surface area (Å²) in [6.45, 7) is 6.10. The molecule has 0 aromatic carbocycles. The molecule has 74 valence electrons. The van der Waals surface area contributed by atoms with Gasteiger partial charge in [0.2, 0.25) is 11.8 Å².